The molecule has 0 bridgehead atoms. The Morgan fingerprint density at radius 3 is 2.48 bits per heavy atom. The number of esters is 1. The summed E-state index contributed by atoms with van der Waals surface area (Å²) in [5, 5.41) is 0.973. The van der Waals surface area contributed by atoms with Gasteiger partial charge in [-0.15, -0.1) is 0 Å². The third kappa shape index (κ3) is 3.31. The monoisotopic (exact) mass is 339 g/mol. The third-order valence-corrected chi connectivity index (χ3v) is 4.37. The summed E-state index contributed by atoms with van der Waals surface area (Å²) >= 11 is 0. The number of aromatic nitrogens is 1. The van der Waals surface area contributed by atoms with Crippen LogP contribution in [0.25, 0.3) is 10.9 Å². The molecule has 0 amide bonds. The van der Waals surface area contributed by atoms with E-state index in [1.54, 1.807) is 0 Å². The molecule has 25 heavy (non-hydrogen) atoms. The normalized spacial score (nSPS) is 12.1. The van der Waals surface area contributed by atoms with Crippen molar-refractivity contribution in [3.63, 3.8) is 0 Å². The number of ether oxygens (including phenoxy) is 1. The Hall–Kier alpha value is -2.95. The number of fused-ring (bicyclic) bond motifs is 1. The van der Waals surface area contributed by atoms with E-state index in [-0.39, 0.29) is 17.8 Å². The first-order chi connectivity index (χ1) is 12.0. The zero-order valence-electron chi connectivity index (χ0n) is 14.0. The fourth-order valence-corrected chi connectivity index (χ4v) is 3.04. The summed E-state index contributed by atoms with van der Waals surface area (Å²) in [6.45, 7) is 1.91. The van der Waals surface area contributed by atoms with Crippen LogP contribution in [0.5, 0.6) is 0 Å². The first-order valence-corrected chi connectivity index (χ1v) is 7.95. The first kappa shape index (κ1) is 16.9. The number of aromatic amines is 1. The molecule has 0 fully saturated rings. The molecule has 1 heterocycles. The fraction of sp³-hybridized carbons (Fsp3) is 0.200. The van der Waals surface area contributed by atoms with Crippen molar-refractivity contribution in [2.24, 2.45) is 5.92 Å². The highest BCUT2D eigenvalue weighted by Crippen LogP contribution is 2.26. The minimum atomic E-state index is -0.978. The molecular weight excluding hydrogens is 321 g/mol. The Bertz CT molecular complexity index is 928. The van der Waals surface area contributed by atoms with Gasteiger partial charge in [0.05, 0.1) is 7.11 Å². The maximum absolute atomic E-state index is 13.1. The quantitative estimate of drug-likeness (QED) is 0.437. The summed E-state index contributed by atoms with van der Waals surface area (Å²) in [5.74, 6) is -2.39. The summed E-state index contributed by atoms with van der Waals surface area (Å²) in [5.41, 5.74) is 3.05. The molecular formula is C20H18FNO3. The summed E-state index contributed by atoms with van der Waals surface area (Å²) in [7, 11) is 1.26. The van der Waals surface area contributed by atoms with E-state index in [2.05, 4.69) is 4.98 Å². The second-order valence-electron chi connectivity index (χ2n) is 5.93. The molecule has 0 aliphatic carbocycles. The molecule has 5 heteroatoms. The minimum Gasteiger partial charge on any atom is -0.468 e. The molecule has 1 unspecified atom stereocenters. The van der Waals surface area contributed by atoms with Crippen LogP contribution >= 0.6 is 0 Å². The topological polar surface area (TPSA) is 59.2 Å². The Labute approximate surface area is 144 Å². The number of para-hydroxylation sites is 1. The van der Waals surface area contributed by atoms with E-state index < -0.39 is 17.7 Å². The van der Waals surface area contributed by atoms with Crippen molar-refractivity contribution in [1.82, 2.24) is 4.98 Å². The van der Waals surface area contributed by atoms with Crippen LogP contribution in [0.1, 0.15) is 21.6 Å². The molecule has 2 aromatic carbocycles. The Morgan fingerprint density at radius 1 is 1.12 bits per heavy atom. The van der Waals surface area contributed by atoms with E-state index in [0.717, 1.165) is 22.2 Å². The van der Waals surface area contributed by atoms with Crippen LogP contribution in [0.15, 0.2) is 48.5 Å². The van der Waals surface area contributed by atoms with Gasteiger partial charge in [0, 0.05) is 22.2 Å². The van der Waals surface area contributed by atoms with Crippen LogP contribution in [0.2, 0.25) is 0 Å². The number of hydrogen-bond acceptors (Lipinski definition) is 3. The molecule has 0 radical (unpaired) electrons. The summed E-state index contributed by atoms with van der Waals surface area (Å²) in [4.78, 5) is 28.3. The molecule has 1 atom stereocenters. The van der Waals surface area contributed by atoms with Gasteiger partial charge in [0.15, 0.2) is 5.78 Å². The van der Waals surface area contributed by atoms with Crippen molar-refractivity contribution in [2.75, 3.05) is 7.11 Å². The molecule has 4 nitrogen and oxygen atoms in total. The molecule has 0 spiro atoms. The second kappa shape index (κ2) is 6.89. The molecule has 0 saturated heterocycles. The Balaban J connectivity index is 1.98. The van der Waals surface area contributed by atoms with Crippen molar-refractivity contribution in [1.29, 1.82) is 0 Å². The maximum Gasteiger partial charge on any atom is 0.316 e. The van der Waals surface area contributed by atoms with Gasteiger partial charge >= 0.3 is 5.97 Å². The average Bonchev–Trinajstić information content (AvgIpc) is 2.94. The lowest BCUT2D eigenvalue weighted by atomic mass is 9.90. The number of halogens is 1. The van der Waals surface area contributed by atoms with Crippen molar-refractivity contribution in [3.8, 4) is 0 Å². The number of rotatable bonds is 5. The number of H-pyrrole nitrogens is 1. The van der Waals surface area contributed by atoms with E-state index in [1.165, 1.54) is 31.4 Å². The molecule has 128 valence electrons. The summed E-state index contributed by atoms with van der Waals surface area (Å²) < 4.78 is 17.9. The van der Waals surface area contributed by atoms with Gasteiger partial charge in [-0.2, -0.15) is 0 Å². The van der Waals surface area contributed by atoms with E-state index in [9.17, 15) is 14.0 Å². The fourth-order valence-electron chi connectivity index (χ4n) is 3.04. The number of ketones is 1. The van der Waals surface area contributed by atoms with Crippen molar-refractivity contribution < 1.29 is 18.7 Å². The van der Waals surface area contributed by atoms with Gasteiger partial charge in [0.25, 0.3) is 0 Å². The Morgan fingerprint density at radius 2 is 1.80 bits per heavy atom. The SMILES string of the molecule is COC(=O)C(Cc1c(C)[nH]c2ccccc12)C(=O)c1ccc(F)cc1. The summed E-state index contributed by atoms with van der Waals surface area (Å²) in [6.07, 6.45) is 0.221. The predicted octanol–water partition coefficient (Wildman–Crippen LogP) is 3.83. The maximum atomic E-state index is 13.1. The van der Waals surface area contributed by atoms with Gasteiger partial charge in [-0.05, 0) is 49.2 Å². The Kier molecular flexibility index (Phi) is 4.65. The highest BCUT2D eigenvalue weighted by molar-refractivity contribution is 6.09. The number of carbonyl (C=O) groups is 2. The summed E-state index contributed by atoms with van der Waals surface area (Å²) in [6, 6.07) is 12.9. The van der Waals surface area contributed by atoms with Crippen LogP contribution in [0, 0.1) is 18.7 Å². The van der Waals surface area contributed by atoms with Gasteiger partial charge in [0.1, 0.15) is 11.7 Å². The van der Waals surface area contributed by atoms with E-state index >= 15 is 0 Å². The molecule has 0 aliphatic heterocycles. The van der Waals surface area contributed by atoms with E-state index in [0.29, 0.717) is 0 Å². The van der Waals surface area contributed by atoms with E-state index in [1.807, 2.05) is 31.2 Å². The molecule has 0 saturated carbocycles. The smallest absolute Gasteiger partial charge is 0.316 e. The van der Waals surface area contributed by atoms with Gasteiger partial charge in [-0.25, -0.2) is 4.39 Å². The highest BCUT2D eigenvalue weighted by Gasteiger charge is 2.30. The second-order valence-corrected chi connectivity index (χ2v) is 5.93. The van der Waals surface area contributed by atoms with Crippen molar-refractivity contribution in [3.05, 3.63) is 71.2 Å². The lowest BCUT2D eigenvalue weighted by molar-refractivity contribution is -0.143. The largest absolute Gasteiger partial charge is 0.468 e. The lowest BCUT2D eigenvalue weighted by Crippen LogP contribution is -2.27. The van der Waals surface area contributed by atoms with Crippen LogP contribution in [-0.4, -0.2) is 23.8 Å². The van der Waals surface area contributed by atoms with Crippen LogP contribution in [-0.2, 0) is 16.0 Å². The zero-order chi connectivity index (χ0) is 18.0. The van der Waals surface area contributed by atoms with Gasteiger partial charge in [0.2, 0.25) is 0 Å². The molecule has 1 N–H and O–H groups in total. The number of nitrogens with one attached hydrogen (secondary N) is 1. The number of methoxy groups -OCH3 is 1. The van der Waals surface area contributed by atoms with Gasteiger partial charge in [-0.3, -0.25) is 9.59 Å². The first-order valence-electron chi connectivity index (χ1n) is 7.95. The third-order valence-electron chi connectivity index (χ3n) is 4.37. The molecule has 1 aromatic heterocycles. The predicted molar refractivity (Wildman–Crippen MR) is 93.0 cm³/mol. The van der Waals surface area contributed by atoms with Crippen molar-refractivity contribution in [2.45, 2.75) is 13.3 Å². The zero-order valence-corrected chi connectivity index (χ0v) is 14.0. The van der Waals surface area contributed by atoms with Gasteiger partial charge in [-0.1, -0.05) is 18.2 Å². The molecule has 0 aliphatic rings. The number of benzene rings is 2. The minimum absolute atomic E-state index is 0.221. The highest BCUT2D eigenvalue weighted by atomic mass is 19.1. The number of hydrogen-bond donors (Lipinski definition) is 1. The van der Waals surface area contributed by atoms with Gasteiger partial charge < -0.3 is 9.72 Å². The van der Waals surface area contributed by atoms with Crippen LogP contribution in [0.3, 0.4) is 0 Å². The van der Waals surface area contributed by atoms with Crippen LogP contribution in [0.4, 0.5) is 4.39 Å². The van der Waals surface area contributed by atoms with Crippen LogP contribution < -0.4 is 0 Å². The molecule has 3 aromatic rings. The van der Waals surface area contributed by atoms with E-state index in [4.69, 9.17) is 4.74 Å². The lowest BCUT2D eigenvalue weighted by Gasteiger charge is -2.14. The number of Topliss-reactive ketones (excluding diaryl/α,β-unsaturated/α-hetero) is 1. The number of aryl methyl sites for hydroxylation is 1. The number of carbonyl (C=O) groups excluding carboxylic acids is 2. The van der Waals surface area contributed by atoms with Crippen molar-refractivity contribution >= 4 is 22.7 Å². The standard InChI is InChI=1S/C20H18FNO3/c1-12-16(15-5-3-4-6-18(15)22-12)11-17(20(24)25-2)19(23)13-7-9-14(21)10-8-13/h3-10,17,22H,11H2,1-2H3. The average molecular weight is 339 g/mol. The molecule has 3 rings (SSSR count).